The molecule has 0 bridgehead atoms. The maximum atomic E-state index is 12.6. The van der Waals surface area contributed by atoms with E-state index in [9.17, 15) is 13.2 Å². The highest BCUT2D eigenvalue weighted by molar-refractivity contribution is 7.94. The van der Waals surface area contributed by atoms with Crippen LogP contribution in [0.25, 0.3) is 0 Å². The summed E-state index contributed by atoms with van der Waals surface area (Å²) < 4.78 is 30.2. The highest BCUT2D eigenvalue weighted by Crippen LogP contribution is 2.19. The minimum absolute atomic E-state index is 0.191. The van der Waals surface area contributed by atoms with Crippen molar-refractivity contribution in [3.8, 4) is 0 Å². The Hall–Kier alpha value is -3.51. The average Bonchev–Trinajstić information content (AvgIpc) is 2.84. The monoisotopic (exact) mass is 447 g/mol. The predicted octanol–water partition coefficient (Wildman–Crippen LogP) is 4.69. The standard InChI is InChI=1S/C26H25NO4S/c1-20(18-19-32(29,30)23-16-10-5-11-17-23)24(26(28)31-2)27-25(21-12-6-3-7-13-21)22-14-8-4-9-15-22/h3-20,24H,1-2H3/b19-18+. The maximum Gasteiger partial charge on any atom is 0.331 e. The summed E-state index contributed by atoms with van der Waals surface area (Å²) in [5.74, 6) is -1.06. The fourth-order valence-electron chi connectivity index (χ4n) is 3.17. The fourth-order valence-corrected chi connectivity index (χ4v) is 4.32. The first kappa shape index (κ1) is 23.2. The second-order valence-corrected chi connectivity index (χ2v) is 9.06. The van der Waals surface area contributed by atoms with E-state index < -0.39 is 27.8 Å². The van der Waals surface area contributed by atoms with Crippen LogP contribution in [-0.4, -0.2) is 33.3 Å². The van der Waals surface area contributed by atoms with Crippen LogP contribution in [0.1, 0.15) is 18.1 Å². The third-order valence-corrected chi connectivity index (χ3v) is 6.38. The molecule has 32 heavy (non-hydrogen) atoms. The van der Waals surface area contributed by atoms with Crippen LogP contribution >= 0.6 is 0 Å². The molecule has 2 unspecified atom stereocenters. The Labute approximate surface area is 189 Å². The van der Waals surface area contributed by atoms with Gasteiger partial charge in [-0.25, -0.2) is 13.2 Å². The van der Waals surface area contributed by atoms with Gasteiger partial charge in [0.1, 0.15) is 0 Å². The van der Waals surface area contributed by atoms with Crippen molar-refractivity contribution in [1.29, 1.82) is 0 Å². The largest absolute Gasteiger partial charge is 0.467 e. The zero-order valence-corrected chi connectivity index (χ0v) is 18.8. The molecule has 0 saturated heterocycles. The molecule has 3 aromatic carbocycles. The predicted molar refractivity (Wildman–Crippen MR) is 126 cm³/mol. The average molecular weight is 448 g/mol. The van der Waals surface area contributed by atoms with E-state index in [-0.39, 0.29) is 4.90 Å². The molecule has 6 heteroatoms. The molecule has 0 amide bonds. The first-order chi connectivity index (χ1) is 15.4. The van der Waals surface area contributed by atoms with Gasteiger partial charge in [-0.2, -0.15) is 0 Å². The van der Waals surface area contributed by atoms with Crippen LogP contribution in [-0.2, 0) is 19.4 Å². The normalized spacial score (nSPS) is 13.3. The number of hydrogen-bond donors (Lipinski definition) is 0. The molecule has 0 aliphatic carbocycles. The molecule has 5 nitrogen and oxygen atoms in total. The molecule has 0 N–H and O–H groups in total. The zero-order valence-electron chi connectivity index (χ0n) is 18.0. The number of sulfone groups is 1. The van der Waals surface area contributed by atoms with Crippen molar-refractivity contribution in [1.82, 2.24) is 0 Å². The van der Waals surface area contributed by atoms with E-state index >= 15 is 0 Å². The lowest BCUT2D eigenvalue weighted by Gasteiger charge is -2.18. The number of ether oxygens (including phenoxy) is 1. The Morgan fingerprint density at radius 3 is 1.78 bits per heavy atom. The number of aliphatic imine (C=N–C) groups is 1. The van der Waals surface area contributed by atoms with Gasteiger partial charge in [-0.05, 0) is 12.1 Å². The second kappa shape index (κ2) is 10.7. The third kappa shape index (κ3) is 5.80. The van der Waals surface area contributed by atoms with Gasteiger partial charge in [-0.1, -0.05) is 91.9 Å². The van der Waals surface area contributed by atoms with E-state index in [0.717, 1.165) is 16.5 Å². The molecule has 0 fully saturated rings. The second-order valence-electron chi connectivity index (χ2n) is 7.22. The number of carbonyl (C=O) groups is 1. The summed E-state index contributed by atoms with van der Waals surface area (Å²) in [5, 5.41) is 1.13. The molecule has 0 spiro atoms. The molecular weight excluding hydrogens is 422 g/mol. The molecule has 0 saturated carbocycles. The molecule has 0 aliphatic heterocycles. The lowest BCUT2D eigenvalue weighted by molar-refractivity contribution is -0.142. The van der Waals surface area contributed by atoms with Crippen molar-refractivity contribution in [2.24, 2.45) is 10.9 Å². The van der Waals surface area contributed by atoms with Gasteiger partial charge in [-0.3, -0.25) is 4.99 Å². The molecule has 0 radical (unpaired) electrons. The van der Waals surface area contributed by atoms with E-state index in [1.54, 1.807) is 25.1 Å². The molecule has 3 aromatic rings. The van der Waals surface area contributed by atoms with Gasteiger partial charge in [-0.15, -0.1) is 0 Å². The fraction of sp³-hybridized carbons (Fsp3) is 0.154. The summed E-state index contributed by atoms with van der Waals surface area (Å²) in [7, 11) is -2.34. The van der Waals surface area contributed by atoms with Crippen LogP contribution in [0, 0.1) is 5.92 Å². The van der Waals surface area contributed by atoms with Gasteiger partial charge in [0, 0.05) is 22.5 Å². The van der Waals surface area contributed by atoms with Gasteiger partial charge in [0.05, 0.1) is 17.7 Å². The van der Waals surface area contributed by atoms with Crippen LogP contribution in [0.4, 0.5) is 0 Å². The van der Waals surface area contributed by atoms with Crippen LogP contribution in [0.5, 0.6) is 0 Å². The summed E-state index contributed by atoms with van der Waals surface area (Å²) in [4.78, 5) is 17.6. The Kier molecular flexibility index (Phi) is 7.73. The SMILES string of the molecule is COC(=O)C(N=C(c1ccccc1)c1ccccc1)C(C)/C=C/S(=O)(=O)c1ccccc1. The summed E-state index contributed by atoms with van der Waals surface area (Å²) in [6.07, 6.45) is 1.49. The van der Waals surface area contributed by atoms with Gasteiger partial charge >= 0.3 is 5.97 Å². The molecule has 2 atom stereocenters. The smallest absolute Gasteiger partial charge is 0.331 e. The molecule has 0 heterocycles. The van der Waals surface area contributed by atoms with Crippen LogP contribution < -0.4 is 0 Å². The number of rotatable bonds is 8. The van der Waals surface area contributed by atoms with Gasteiger partial charge in [0.25, 0.3) is 0 Å². The number of nitrogens with zero attached hydrogens (tertiary/aromatic N) is 1. The van der Waals surface area contributed by atoms with Crippen molar-refractivity contribution >= 4 is 21.5 Å². The topological polar surface area (TPSA) is 72.8 Å². The Bertz CT molecular complexity index is 1150. The van der Waals surface area contributed by atoms with Crippen molar-refractivity contribution in [3.05, 3.63) is 114 Å². The van der Waals surface area contributed by atoms with E-state index in [0.29, 0.717) is 5.71 Å². The quantitative estimate of drug-likeness (QED) is 0.371. The van der Waals surface area contributed by atoms with Crippen molar-refractivity contribution in [3.63, 3.8) is 0 Å². The van der Waals surface area contributed by atoms with Crippen molar-refractivity contribution in [2.75, 3.05) is 7.11 Å². The number of methoxy groups -OCH3 is 1. The van der Waals surface area contributed by atoms with Gasteiger partial charge in [0.2, 0.25) is 0 Å². The maximum absolute atomic E-state index is 12.6. The van der Waals surface area contributed by atoms with Gasteiger partial charge in [0.15, 0.2) is 15.9 Å². The number of benzene rings is 3. The number of esters is 1. The lowest BCUT2D eigenvalue weighted by Crippen LogP contribution is -2.28. The van der Waals surface area contributed by atoms with Crippen molar-refractivity contribution < 1.29 is 17.9 Å². The third-order valence-electron chi connectivity index (χ3n) is 4.94. The molecule has 164 valence electrons. The summed E-state index contributed by atoms with van der Waals surface area (Å²) in [5.41, 5.74) is 2.33. The molecule has 0 aliphatic rings. The van der Waals surface area contributed by atoms with Crippen LogP contribution in [0.3, 0.4) is 0 Å². The minimum Gasteiger partial charge on any atom is -0.467 e. The molecule has 0 aromatic heterocycles. The van der Waals surface area contributed by atoms with E-state index in [2.05, 4.69) is 0 Å². The van der Waals surface area contributed by atoms with Crippen LogP contribution in [0.15, 0.2) is 112 Å². The Morgan fingerprint density at radius 1 is 0.844 bits per heavy atom. The van der Waals surface area contributed by atoms with E-state index in [1.807, 2.05) is 60.7 Å². The first-order valence-corrected chi connectivity index (χ1v) is 11.7. The highest BCUT2D eigenvalue weighted by atomic mass is 32.2. The van der Waals surface area contributed by atoms with E-state index in [4.69, 9.17) is 9.73 Å². The Balaban J connectivity index is 2.00. The van der Waals surface area contributed by atoms with Crippen LogP contribution in [0.2, 0.25) is 0 Å². The summed E-state index contributed by atoms with van der Waals surface area (Å²) in [6.45, 7) is 1.75. The molecular formula is C26H25NO4S. The number of carbonyl (C=O) groups excluding carboxylic acids is 1. The summed E-state index contributed by atoms with van der Waals surface area (Å²) >= 11 is 0. The number of hydrogen-bond acceptors (Lipinski definition) is 5. The first-order valence-electron chi connectivity index (χ1n) is 10.2. The zero-order chi connectivity index (χ0) is 23.0. The minimum atomic E-state index is -3.64. The van der Waals surface area contributed by atoms with Crippen molar-refractivity contribution in [2.45, 2.75) is 17.9 Å². The summed E-state index contributed by atoms with van der Waals surface area (Å²) in [6, 6.07) is 26.3. The Morgan fingerprint density at radius 2 is 1.31 bits per heavy atom. The van der Waals surface area contributed by atoms with E-state index in [1.165, 1.54) is 25.3 Å². The van der Waals surface area contributed by atoms with Gasteiger partial charge < -0.3 is 4.74 Å². The highest BCUT2D eigenvalue weighted by Gasteiger charge is 2.26. The lowest BCUT2D eigenvalue weighted by atomic mass is 9.99. The molecule has 3 rings (SSSR count).